The third-order valence-electron chi connectivity index (χ3n) is 5.68. The number of carbonyl (C=O) groups is 2. The fraction of sp³-hybridized carbons (Fsp3) is 0.286. The van der Waals surface area contributed by atoms with Gasteiger partial charge in [-0.1, -0.05) is 17.9 Å². The molecule has 1 aliphatic rings. The van der Waals surface area contributed by atoms with Gasteiger partial charge in [-0.25, -0.2) is 0 Å². The van der Waals surface area contributed by atoms with Crippen LogP contribution in [0.25, 0.3) is 0 Å². The Kier molecular flexibility index (Phi) is 7.04. The van der Waals surface area contributed by atoms with Crippen molar-refractivity contribution in [1.82, 2.24) is 15.3 Å². The first kappa shape index (κ1) is 24.9. The fourth-order valence-corrected chi connectivity index (χ4v) is 3.78. The van der Waals surface area contributed by atoms with Gasteiger partial charge in [-0.2, -0.15) is 0 Å². The number of anilines is 1. The van der Waals surface area contributed by atoms with Gasteiger partial charge >= 0.3 is 0 Å². The zero-order valence-electron chi connectivity index (χ0n) is 20.7. The zero-order valence-corrected chi connectivity index (χ0v) is 20.7. The number of fused-ring (bicyclic) bond motifs is 1. The van der Waals surface area contributed by atoms with Crippen LogP contribution >= 0.6 is 0 Å². The van der Waals surface area contributed by atoms with Crippen LogP contribution < -0.4 is 15.0 Å². The number of hydrogen-bond acceptors (Lipinski definition) is 6. The van der Waals surface area contributed by atoms with Crippen molar-refractivity contribution < 1.29 is 19.4 Å². The minimum Gasteiger partial charge on any atom is -0.456 e. The molecule has 0 fully saturated rings. The first-order chi connectivity index (χ1) is 17.1. The maximum atomic E-state index is 13.2. The number of nitrogens with zero attached hydrogens (tertiary/aromatic N) is 3. The third kappa shape index (κ3) is 6.06. The van der Waals surface area contributed by atoms with Gasteiger partial charge in [-0.05, 0) is 69.5 Å². The lowest BCUT2D eigenvalue weighted by atomic mass is 10.0. The Morgan fingerprint density at radius 1 is 1.17 bits per heavy atom. The highest BCUT2D eigenvalue weighted by atomic mass is 16.5. The maximum absolute atomic E-state index is 13.2. The number of amides is 2. The Balaban J connectivity index is 1.48. The number of ether oxygens (including phenoxy) is 1. The van der Waals surface area contributed by atoms with Crippen molar-refractivity contribution in [2.75, 3.05) is 11.9 Å². The van der Waals surface area contributed by atoms with Gasteiger partial charge in [0.1, 0.15) is 28.8 Å². The van der Waals surface area contributed by atoms with Gasteiger partial charge in [0.15, 0.2) is 0 Å². The molecule has 0 saturated carbocycles. The van der Waals surface area contributed by atoms with Gasteiger partial charge in [0, 0.05) is 36.3 Å². The molecule has 36 heavy (non-hydrogen) atoms. The Bertz CT molecular complexity index is 1350. The highest BCUT2D eigenvalue weighted by Crippen LogP contribution is 2.28. The van der Waals surface area contributed by atoms with Crippen molar-refractivity contribution in [2.45, 2.75) is 45.3 Å². The molecule has 3 aromatic rings. The topological polar surface area (TPSA) is 105 Å². The number of pyridine rings is 2. The van der Waals surface area contributed by atoms with Crippen molar-refractivity contribution in [3.05, 3.63) is 77.4 Å². The number of likely N-dealkylation sites (N-methyl/N-ethyl adjacent to an activating group) is 1. The summed E-state index contributed by atoms with van der Waals surface area (Å²) in [7, 11) is 1.68. The maximum Gasteiger partial charge on any atom is 0.270 e. The first-order valence-electron chi connectivity index (χ1n) is 11.6. The molecule has 2 amide bonds. The van der Waals surface area contributed by atoms with Crippen molar-refractivity contribution >= 4 is 17.5 Å². The molecule has 2 N–H and O–H groups in total. The summed E-state index contributed by atoms with van der Waals surface area (Å²) in [6.45, 7) is 5.11. The van der Waals surface area contributed by atoms with Crippen LogP contribution in [0.2, 0.25) is 0 Å². The number of hydrogen-bond donors (Lipinski definition) is 2. The molecule has 8 nitrogen and oxygen atoms in total. The molecule has 3 heterocycles. The van der Waals surface area contributed by atoms with E-state index in [1.54, 1.807) is 44.1 Å². The fourth-order valence-electron chi connectivity index (χ4n) is 3.78. The van der Waals surface area contributed by atoms with E-state index in [0.29, 0.717) is 29.9 Å². The lowest BCUT2D eigenvalue weighted by molar-refractivity contribution is -0.120. The van der Waals surface area contributed by atoms with Crippen molar-refractivity contribution in [3.63, 3.8) is 0 Å². The number of aliphatic hydroxyl groups is 1. The second-order valence-electron chi connectivity index (χ2n) is 9.23. The van der Waals surface area contributed by atoms with E-state index in [9.17, 15) is 14.7 Å². The summed E-state index contributed by atoms with van der Waals surface area (Å²) in [5.41, 5.74) is 2.32. The Hall–Kier alpha value is -4.22. The van der Waals surface area contributed by atoms with Crippen LogP contribution in [0.1, 0.15) is 47.6 Å². The molecule has 184 valence electrons. The SMILES string of the molecule is Cc1ccc(Oc2ccnc(C(=O)N[C@@H]3CCc4ccc(C#CC(C)(C)O)cc4N(C)C3=O)c2)cn1. The van der Waals surface area contributed by atoms with Crippen molar-refractivity contribution in [2.24, 2.45) is 0 Å². The number of benzene rings is 1. The summed E-state index contributed by atoms with van der Waals surface area (Å²) in [6.07, 6.45) is 4.14. The molecule has 4 rings (SSSR count). The van der Waals surface area contributed by atoms with Crippen LogP contribution in [0.3, 0.4) is 0 Å². The molecule has 8 heteroatoms. The van der Waals surface area contributed by atoms with Crippen LogP contribution in [0, 0.1) is 18.8 Å². The molecule has 0 saturated heterocycles. The standard InChI is InChI=1S/C28H28N4O4/c1-18-5-9-22(17-30-18)36-21-12-14-29-24(16-21)26(33)31-23-10-8-20-7-6-19(11-13-28(2,3)35)15-25(20)32(4)27(23)34/h5-7,9,12,14-17,23,35H,8,10H2,1-4H3,(H,31,33)/t23-/m1/s1. The summed E-state index contributed by atoms with van der Waals surface area (Å²) >= 11 is 0. The Morgan fingerprint density at radius 2 is 1.97 bits per heavy atom. The smallest absolute Gasteiger partial charge is 0.270 e. The quantitative estimate of drug-likeness (QED) is 0.550. The third-order valence-corrected chi connectivity index (χ3v) is 5.68. The molecule has 1 atom stereocenters. The van der Waals surface area contributed by atoms with Crippen LogP contribution in [0.5, 0.6) is 11.5 Å². The molecule has 1 aliphatic heterocycles. The van der Waals surface area contributed by atoms with E-state index in [1.165, 1.54) is 12.3 Å². The molecule has 0 bridgehead atoms. The summed E-state index contributed by atoms with van der Waals surface area (Å²) in [5.74, 6) is 6.03. The second kappa shape index (κ2) is 10.2. The van der Waals surface area contributed by atoms with Gasteiger partial charge < -0.3 is 20.1 Å². The van der Waals surface area contributed by atoms with Crippen molar-refractivity contribution in [1.29, 1.82) is 0 Å². The number of aryl methyl sites for hydroxylation is 2. The Labute approximate surface area is 210 Å². The number of nitrogens with one attached hydrogen (secondary N) is 1. The lowest BCUT2D eigenvalue weighted by Gasteiger charge is -2.22. The summed E-state index contributed by atoms with van der Waals surface area (Å²) < 4.78 is 5.78. The van der Waals surface area contributed by atoms with Crippen LogP contribution in [-0.2, 0) is 11.2 Å². The number of carbonyl (C=O) groups excluding carboxylic acids is 2. The molecule has 0 radical (unpaired) electrons. The van der Waals surface area contributed by atoms with E-state index in [2.05, 4.69) is 27.1 Å². The zero-order chi connectivity index (χ0) is 25.9. The molecular weight excluding hydrogens is 456 g/mol. The minimum absolute atomic E-state index is 0.147. The predicted octanol–water partition coefficient (Wildman–Crippen LogP) is 3.41. The van der Waals surface area contributed by atoms with Gasteiger partial charge in [0.25, 0.3) is 5.91 Å². The van der Waals surface area contributed by atoms with Crippen LogP contribution in [-0.4, -0.2) is 45.6 Å². The van der Waals surface area contributed by atoms with E-state index in [1.807, 2.05) is 31.2 Å². The molecule has 0 unspecified atom stereocenters. The molecule has 0 aliphatic carbocycles. The first-order valence-corrected chi connectivity index (χ1v) is 11.6. The number of aromatic nitrogens is 2. The molecule has 2 aromatic heterocycles. The number of rotatable bonds is 4. The molecule has 1 aromatic carbocycles. The molecule has 0 spiro atoms. The van der Waals surface area contributed by atoms with E-state index < -0.39 is 17.6 Å². The van der Waals surface area contributed by atoms with E-state index in [4.69, 9.17) is 4.74 Å². The summed E-state index contributed by atoms with van der Waals surface area (Å²) in [6, 6.07) is 11.7. The average Bonchev–Trinajstić information content (AvgIpc) is 2.96. The van der Waals surface area contributed by atoms with E-state index in [0.717, 1.165) is 16.9 Å². The normalized spacial score (nSPS) is 15.3. The summed E-state index contributed by atoms with van der Waals surface area (Å²) in [5, 5.41) is 12.7. The largest absolute Gasteiger partial charge is 0.456 e. The van der Waals surface area contributed by atoms with Gasteiger partial charge in [-0.3, -0.25) is 19.6 Å². The predicted molar refractivity (Wildman–Crippen MR) is 136 cm³/mol. The lowest BCUT2D eigenvalue weighted by Crippen LogP contribution is -2.46. The summed E-state index contributed by atoms with van der Waals surface area (Å²) in [4.78, 5) is 36.1. The monoisotopic (exact) mass is 484 g/mol. The van der Waals surface area contributed by atoms with Gasteiger partial charge in [-0.15, -0.1) is 0 Å². The minimum atomic E-state index is -1.11. The van der Waals surface area contributed by atoms with Crippen molar-refractivity contribution in [3.8, 4) is 23.3 Å². The van der Waals surface area contributed by atoms with E-state index >= 15 is 0 Å². The average molecular weight is 485 g/mol. The van der Waals surface area contributed by atoms with Crippen LogP contribution in [0.4, 0.5) is 5.69 Å². The molecular formula is C28H28N4O4. The van der Waals surface area contributed by atoms with Crippen LogP contribution in [0.15, 0.2) is 54.9 Å². The Morgan fingerprint density at radius 3 is 2.69 bits per heavy atom. The van der Waals surface area contributed by atoms with Gasteiger partial charge in [0.2, 0.25) is 5.91 Å². The second-order valence-corrected chi connectivity index (χ2v) is 9.23. The van der Waals surface area contributed by atoms with Gasteiger partial charge in [0.05, 0.1) is 6.20 Å². The van der Waals surface area contributed by atoms with E-state index in [-0.39, 0.29) is 11.6 Å². The highest BCUT2D eigenvalue weighted by Gasteiger charge is 2.30. The highest BCUT2D eigenvalue weighted by molar-refractivity contribution is 6.02.